The van der Waals surface area contributed by atoms with Gasteiger partial charge in [0.2, 0.25) is 5.91 Å². The first-order valence-corrected chi connectivity index (χ1v) is 3.73. The van der Waals surface area contributed by atoms with Gasteiger partial charge < -0.3 is 10.4 Å². The van der Waals surface area contributed by atoms with Crippen LogP contribution in [0.3, 0.4) is 0 Å². The molecule has 0 aromatic rings. The molecule has 1 amide bonds. The van der Waals surface area contributed by atoms with Crippen LogP contribution in [-0.2, 0) is 9.59 Å². The third-order valence-electron chi connectivity index (χ3n) is 1.64. The zero-order valence-electron chi connectivity index (χ0n) is 7.55. The van der Waals surface area contributed by atoms with Crippen LogP contribution in [0.4, 0.5) is 13.2 Å². The molecule has 0 aliphatic carbocycles. The Kier molecular flexibility index (Phi) is 3.91. The number of nitrogens with one attached hydrogen (secondary N) is 1. The van der Waals surface area contributed by atoms with E-state index in [0.717, 1.165) is 6.92 Å². The summed E-state index contributed by atoms with van der Waals surface area (Å²) in [5, 5.41) is 10.2. The summed E-state index contributed by atoms with van der Waals surface area (Å²) in [6.07, 6.45) is -4.65. The third-order valence-corrected chi connectivity index (χ3v) is 1.64. The van der Waals surface area contributed by atoms with Crippen LogP contribution in [0.15, 0.2) is 0 Å². The molecule has 0 heterocycles. The molecule has 4 nitrogen and oxygen atoms in total. The minimum absolute atomic E-state index is 0.703. The molecule has 0 aromatic heterocycles. The predicted molar refractivity (Wildman–Crippen MR) is 40.5 cm³/mol. The molecule has 0 fully saturated rings. The van der Waals surface area contributed by atoms with E-state index in [0.29, 0.717) is 6.92 Å². The number of carbonyl (C=O) groups excluding carboxylic acids is 1. The van der Waals surface area contributed by atoms with Crippen LogP contribution < -0.4 is 5.32 Å². The standard InChI is InChI=1S/C7H10F3NO3/c1-3(7(8,9)10)5(6(13)14)11-4(2)12/h3,5H,1-2H3,(H,11,12)(H,13,14)/t3-,5-/m0/s1. The van der Waals surface area contributed by atoms with Gasteiger partial charge >= 0.3 is 12.1 Å². The summed E-state index contributed by atoms with van der Waals surface area (Å²) in [4.78, 5) is 20.9. The average Bonchev–Trinajstić information content (AvgIpc) is 1.96. The average molecular weight is 213 g/mol. The Morgan fingerprint density at radius 2 is 1.79 bits per heavy atom. The van der Waals surface area contributed by atoms with Crippen molar-refractivity contribution in [3.8, 4) is 0 Å². The lowest BCUT2D eigenvalue weighted by Gasteiger charge is -2.22. The Labute approximate surface area is 78.1 Å². The van der Waals surface area contributed by atoms with E-state index in [1.807, 2.05) is 0 Å². The summed E-state index contributed by atoms with van der Waals surface area (Å²) in [5.41, 5.74) is 0. The number of carboxylic acids is 1. The molecular weight excluding hydrogens is 203 g/mol. The first kappa shape index (κ1) is 12.7. The Hall–Kier alpha value is -1.27. The zero-order valence-corrected chi connectivity index (χ0v) is 7.55. The quantitative estimate of drug-likeness (QED) is 0.727. The lowest BCUT2D eigenvalue weighted by atomic mass is 10.0. The topological polar surface area (TPSA) is 66.4 Å². The molecule has 7 heteroatoms. The van der Waals surface area contributed by atoms with Gasteiger partial charge in [0.25, 0.3) is 0 Å². The Balaban J connectivity index is 4.66. The highest BCUT2D eigenvalue weighted by Gasteiger charge is 2.44. The molecule has 0 bridgehead atoms. The van der Waals surface area contributed by atoms with E-state index in [9.17, 15) is 22.8 Å². The van der Waals surface area contributed by atoms with Crippen molar-refractivity contribution >= 4 is 11.9 Å². The monoisotopic (exact) mass is 213 g/mol. The Morgan fingerprint density at radius 1 is 1.36 bits per heavy atom. The molecule has 0 rings (SSSR count). The molecule has 2 atom stereocenters. The van der Waals surface area contributed by atoms with Gasteiger partial charge in [0.05, 0.1) is 5.92 Å². The van der Waals surface area contributed by atoms with E-state index in [1.54, 1.807) is 5.32 Å². The van der Waals surface area contributed by atoms with Crippen LogP contribution in [0, 0.1) is 5.92 Å². The number of hydrogen-bond donors (Lipinski definition) is 2. The molecule has 82 valence electrons. The minimum atomic E-state index is -4.65. The first-order valence-electron chi connectivity index (χ1n) is 3.73. The van der Waals surface area contributed by atoms with Crippen molar-refractivity contribution < 1.29 is 27.9 Å². The van der Waals surface area contributed by atoms with Gasteiger partial charge in [-0.15, -0.1) is 0 Å². The van der Waals surface area contributed by atoms with E-state index in [1.165, 1.54) is 0 Å². The first-order chi connectivity index (χ1) is 6.16. The van der Waals surface area contributed by atoms with Crippen LogP contribution in [0.1, 0.15) is 13.8 Å². The lowest BCUT2D eigenvalue weighted by molar-refractivity contribution is -0.185. The molecule has 0 aliphatic heterocycles. The summed E-state index contributed by atoms with van der Waals surface area (Å²) in [7, 11) is 0. The number of carbonyl (C=O) groups is 2. The van der Waals surface area contributed by atoms with Crippen LogP contribution in [0.25, 0.3) is 0 Å². The second-order valence-electron chi connectivity index (χ2n) is 2.85. The fourth-order valence-electron chi connectivity index (χ4n) is 0.809. The molecule has 0 radical (unpaired) electrons. The number of alkyl halides is 3. The number of halogens is 3. The van der Waals surface area contributed by atoms with Gasteiger partial charge in [0, 0.05) is 6.92 Å². The normalized spacial score (nSPS) is 15.8. The van der Waals surface area contributed by atoms with E-state index >= 15 is 0 Å². The van der Waals surface area contributed by atoms with Crippen LogP contribution in [-0.4, -0.2) is 29.2 Å². The maximum absolute atomic E-state index is 12.1. The maximum Gasteiger partial charge on any atom is 0.394 e. The van der Waals surface area contributed by atoms with Crippen molar-refractivity contribution in [1.82, 2.24) is 5.32 Å². The highest BCUT2D eigenvalue weighted by atomic mass is 19.4. The summed E-state index contributed by atoms with van der Waals surface area (Å²) in [6, 6.07) is -1.94. The predicted octanol–water partition coefficient (Wildman–Crippen LogP) is 0.774. The Morgan fingerprint density at radius 3 is 2.00 bits per heavy atom. The number of rotatable bonds is 3. The minimum Gasteiger partial charge on any atom is -0.480 e. The second-order valence-corrected chi connectivity index (χ2v) is 2.85. The molecule has 0 spiro atoms. The van der Waals surface area contributed by atoms with Gasteiger partial charge in [-0.25, -0.2) is 4.79 Å². The van der Waals surface area contributed by atoms with Crippen molar-refractivity contribution in [3.05, 3.63) is 0 Å². The van der Waals surface area contributed by atoms with Crippen LogP contribution in [0.5, 0.6) is 0 Å². The van der Waals surface area contributed by atoms with Gasteiger partial charge in [0.15, 0.2) is 0 Å². The molecule has 2 N–H and O–H groups in total. The van der Waals surface area contributed by atoms with Gasteiger partial charge in [-0.1, -0.05) is 6.92 Å². The molecule has 14 heavy (non-hydrogen) atoms. The van der Waals surface area contributed by atoms with E-state index in [-0.39, 0.29) is 0 Å². The SMILES string of the molecule is CC(=O)N[C@H](C(=O)O)[C@H](C)C(F)(F)F. The smallest absolute Gasteiger partial charge is 0.394 e. The fourth-order valence-corrected chi connectivity index (χ4v) is 0.809. The summed E-state index contributed by atoms with van der Waals surface area (Å²) in [5.74, 6) is -4.64. The number of aliphatic carboxylic acids is 1. The van der Waals surface area contributed by atoms with Gasteiger partial charge in [-0.05, 0) is 0 Å². The van der Waals surface area contributed by atoms with Gasteiger partial charge in [0.1, 0.15) is 6.04 Å². The summed E-state index contributed by atoms with van der Waals surface area (Å²) in [6.45, 7) is 1.66. The second kappa shape index (κ2) is 4.30. The van der Waals surface area contributed by atoms with Crippen molar-refractivity contribution in [2.45, 2.75) is 26.1 Å². The summed E-state index contributed by atoms with van der Waals surface area (Å²) >= 11 is 0. The molecule has 0 unspecified atom stereocenters. The summed E-state index contributed by atoms with van der Waals surface area (Å²) < 4.78 is 36.3. The largest absolute Gasteiger partial charge is 0.480 e. The van der Waals surface area contributed by atoms with Crippen molar-refractivity contribution in [1.29, 1.82) is 0 Å². The highest BCUT2D eigenvalue weighted by Crippen LogP contribution is 2.28. The van der Waals surface area contributed by atoms with E-state index in [4.69, 9.17) is 5.11 Å². The number of hydrogen-bond acceptors (Lipinski definition) is 2. The molecule has 0 aliphatic rings. The third kappa shape index (κ3) is 3.63. The van der Waals surface area contributed by atoms with Crippen molar-refractivity contribution in [2.75, 3.05) is 0 Å². The van der Waals surface area contributed by atoms with E-state index in [2.05, 4.69) is 0 Å². The number of amides is 1. The van der Waals surface area contributed by atoms with Crippen molar-refractivity contribution in [3.63, 3.8) is 0 Å². The van der Waals surface area contributed by atoms with Gasteiger partial charge in [-0.2, -0.15) is 13.2 Å². The maximum atomic E-state index is 12.1. The van der Waals surface area contributed by atoms with Crippen LogP contribution in [0.2, 0.25) is 0 Å². The zero-order chi connectivity index (χ0) is 11.5. The highest BCUT2D eigenvalue weighted by molar-refractivity contribution is 5.82. The van der Waals surface area contributed by atoms with Crippen molar-refractivity contribution in [2.24, 2.45) is 5.92 Å². The van der Waals surface area contributed by atoms with Crippen LogP contribution >= 0.6 is 0 Å². The number of carboxylic acid groups (broad SMARTS) is 1. The Bertz CT molecular complexity index is 239. The fraction of sp³-hybridized carbons (Fsp3) is 0.714. The molecular formula is C7H10F3NO3. The molecule has 0 saturated carbocycles. The molecule has 0 saturated heterocycles. The lowest BCUT2D eigenvalue weighted by Crippen LogP contribution is -2.48. The van der Waals surface area contributed by atoms with Gasteiger partial charge in [-0.3, -0.25) is 4.79 Å². The molecule has 0 aromatic carbocycles. The van der Waals surface area contributed by atoms with E-state index < -0.39 is 30.0 Å².